The highest BCUT2D eigenvalue weighted by Crippen LogP contribution is 2.37. The average Bonchev–Trinajstić information content (AvgIpc) is 3.45. The molecule has 0 N–H and O–H groups in total. The first-order valence-electron chi connectivity index (χ1n) is 15.7. The molecule has 5 aromatic rings. The van der Waals surface area contributed by atoms with Crippen LogP contribution in [0.1, 0.15) is 70.5 Å². The van der Waals surface area contributed by atoms with Crippen molar-refractivity contribution in [2.24, 2.45) is 5.41 Å². The number of rotatable bonds is 11. The normalized spacial score (nSPS) is 12.2. The Morgan fingerprint density at radius 2 is 1.46 bits per heavy atom. The summed E-state index contributed by atoms with van der Waals surface area (Å²) in [7, 11) is 0. The van der Waals surface area contributed by atoms with Crippen molar-refractivity contribution in [3.05, 3.63) is 101 Å². The van der Waals surface area contributed by atoms with Crippen LogP contribution in [0.25, 0.3) is 21.9 Å². The zero-order chi connectivity index (χ0) is 34.7. The molecule has 2 aromatic heterocycles. The van der Waals surface area contributed by atoms with Crippen LogP contribution in [0.15, 0.2) is 88.1 Å². The number of aryl methyl sites for hydroxylation is 1. The van der Waals surface area contributed by atoms with Crippen LogP contribution >= 0.6 is 0 Å². The molecule has 250 valence electrons. The second-order valence-corrected chi connectivity index (χ2v) is 13.7. The summed E-state index contributed by atoms with van der Waals surface area (Å²) in [4.78, 5) is 55.4. The predicted molar refractivity (Wildman–Crippen MR) is 178 cm³/mol. The van der Waals surface area contributed by atoms with E-state index in [-0.39, 0.29) is 18.7 Å². The highest BCUT2D eigenvalue weighted by molar-refractivity contribution is 6.08. The Labute approximate surface area is 277 Å². The van der Waals surface area contributed by atoms with Crippen molar-refractivity contribution < 1.29 is 33.0 Å². The molecule has 0 amide bonds. The van der Waals surface area contributed by atoms with Gasteiger partial charge in [-0.05, 0) is 83.9 Å². The van der Waals surface area contributed by atoms with Crippen molar-refractivity contribution in [3.63, 3.8) is 0 Å². The van der Waals surface area contributed by atoms with Gasteiger partial charge in [0.2, 0.25) is 0 Å². The summed E-state index contributed by atoms with van der Waals surface area (Å²) < 4.78 is 24.4. The molecular formula is C37H39N3O8. The van der Waals surface area contributed by atoms with Gasteiger partial charge >= 0.3 is 11.9 Å². The largest absolute Gasteiger partial charge is 0.489 e. The SMILES string of the molecule is CC(C)(C)OC(=O)C(CCn1nnc2ccccc2c1=O)(CC(=O)c1cc2ccc(OCc3ccccc3)cc2o1)C(=O)OC(C)(C)C. The van der Waals surface area contributed by atoms with Crippen LogP contribution in [-0.2, 0) is 32.2 Å². The summed E-state index contributed by atoms with van der Waals surface area (Å²) in [5, 5.41) is 9.08. The number of hydrogen-bond acceptors (Lipinski definition) is 10. The molecule has 0 bridgehead atoms. The second-order valence-electron chi connectivity index (χ2n) is 13.7. The molecule has 0 unspecified atom stereocenters. The summed E-state index contributed by atoms with van der Waals surface area (Å²) in [6, 6.07) is 23.1. The van der Waals surface area contributed by atoms with E-state index >= 15 is 0 Å². The minimum Gasteiger partial charge on any atom is -0.489 e. The molecule has 0 aliphatic carbocycles. The van der Waals surface area contributed by atoms with Crippen molar-refractivity contribution in [3.8, 4) is 5.75 Å². The first-order chi connectivity index (χ1) is 22.6. The zero-order valence-electron chi connectivity index (χ0n) is 27.9. The summed E-state index contributed by atoms with van der Waals surface area (Å²) in [5.41, 5.74) is -2.86. The Kier molecular flexibility index (Phi) is 9.52. The summed E-state index contributed by atoms with van der Waals surface area (Å²) in [6.45, 7) is 10.0. The molecule has 11 heteroatoms. The molecule has 0 saturated carbocycles. The number of nitrogens with zero attached hydrogens (tertiary/aromatic N) is 3. The molecule has 11 nitrogen and oxygen atoms in total. The van der Waals surface area contributed by atoms with E-state index in [9.17, 15) is 19.2 Å². The minimum atomic E-state index is -2.16. The van der Waals surface area contributed by atoms with E-state index in [1.165, 1.54) is 0 Å². The van der Waals surface area contributed by atoms with Gasteiger partial charge in [0.25, 0.3) is 5.56 Å². The van der Waals surface area contributed by atoms with Crippen molar-refractivity contribution in [1.29, 1.82) is 0 Å². The number of carbonyl (C=O) groups excluding carboxylic acids is 3. The highest BCUT2D eigenvalue weighted by atomic mass is 16.6. The number of Topliss-reactive ketones (excluding diaryl/α,β-unsaturated/α-hetero) is 1. The first-order valence-corrected chi connectivity index (χ1v) is 15.7. The van der Waals surface area contributed by atoms with Crippen molar-refractivity contribution in [2.45, 2.75) is 78.7 Å². The number of carbonyl (C=O) groups is 3. The Balaban J connectivity index is 1.49. The van der Waals surface area contributed by atoms with Gasteiger partial charge in [-0.1, -0.05) is 47.7 Å². The average molecular weight is 654 g/mol. The van der Waals surface area contributed by atoms with Crippen molar-refractivity contribution >= 4 is 39.6 Å². The Hall–Kier alpha value is -5.32. The monoisotopic (exact) mass is 653 g/mol. The van der Waals surface area contributed by atoms with Crippen LogP contribution in [-0.4, -0.2) is 43.9 Å². The first kappa shape index (κ1) is 34.0. The number of fused-ring (bicyclic) bond motifs is 2. The van der Waals surface area contributed by atoms with Crippen LogP contribution in [0.4, 0.5) is 0 Å². The molecule has 0 aliphatic rings. The Bertz CT molecular complexity index is 1990. The number of ketones is 1. The lowest BCUT2D eigenvalue weighted by atomic mass is 9.78. The summed E-state index contributed by atoms with van der Waals surface area (Å²) >= 11 is 0. The van der Waals surface area contributed by atoms with E-state index in [2.05, 4.69) is 10.3 Å². The molecule has 48 heavy (non-hydrogen) atoms. The van der Waals surface area contributed by atoms with Crippen LogP contribution in [0.3, 0.4) is 0 Å². The van der Waals surface area contributed by atoms with Gasteiger partial charge in [0.15, 0.2) is 17.0 Å². The van der Waals surface area contributed by atoms with Gasteiger partial charge < -0.3 is 18.6 Å². The van der Waals surface area contributed by atoms with Crippen LogP contribution in [0.5, 0.6) is 5.75 Å². The van der Waals surface area contributed by atoms with Crippen LogP contribution in [0, 0.1) is 5.41 Å². The van der Waals surface area contributed by atoms with E-state index in [0.29, 0.717) is 34.2 Å². The number of hydrogen-bond donors (Lipinski definition) is 0. The maximum absolute atomic E-state index is 14.1. The molecule has 0 radical (unpaired) electrons. The maximum atomic E-state index is 14.1. The molecule has 0 atom stereocenters. The molecule has 5 rings (SSSR count). The third-order valence-electron chi connectivity index (χ3n) is 7.44. The lowest BCUT2D eigenvalue weighted by molar-refractivity contribution is -0.186. The van der Waals surface area contributed by atoms with Gasteiger partial charge in [-0.2, -0.15) is 0 Å². The zero-order valence-corrected chi connectivity index (χ0v) is 27.9. The fourth-order valence-electron chi connectivity index (χ4n) is 5.08. The molecule has 0 spiro atoms. The van der Waals surface area contributed by atoms with Crippen molar-refractivity contribution in [1.82, 2.24) is 15.0 Å². The van der Waals surface area contributed by atoms with Crippen molar-refractivity contribution in [2.75, 3.05) is 0 Å². The number of ether oxygens (including phenoxy) is 3. The maximum Gasteiger partial charge on any atom is 0.324 e. The minimum absolute atomic E-state index is 0.0654. The third kappa shape index (κ3) is 7.96. The second kappa shape index (κ2) is 13.4. The lowest BCUT2D eigenvalue weighted by Crippen LogP contribution is -2.49. The number of aromatic nitrogens is 3. The van der Waals surface area contributed by atoms with E-state index in [4.69, 9.17) is 18.6 Å². The lowest BCUT2D eigenvalue weighted by Gasteiger charge is -2.34. The van der Waals surface area contributed by atoms with Gasteiger partial charge in [0.1, 0.15) is 34.7 Å². The van der Waals surface area contributed by atoms with E-state index in [0.717, 1.165) is 10.2 Å². The molecule has 3 aromatic carbocycles. The molecular weight excluding hydrogens is 614 g/mol. The van der Waals surface area contributed by atoms with Gasteiger partial charge in [0, 0.05) is 24.4 Å². The van der Waals surface area contributed by atoms with Crippen LogP contribution < -0.4 is 10.3 Å². The number of esters is 2. The van der Waals surface area contributed by atoms with Gasteiger partial charge in [-0.3, -0.25) is 19.2 Å². The smallest absolute Gasteiger partial charge is 0.324 e. The number of benzene rings is 3. The molecule has 0 fully saturated rings. The van der Waals surface area contributed by atoms with E-state index in [1.54, 1.807) is 90.1 Å². The predicted octanol–water partition coefficient (Wildman–Crippen LogP) is 6.45. The Morgan fingerprint density at radius 1 is 0.812 bits per heavy atom. The topological polar surface area (TPSA) is 140 Å². The van der Waals surface area contributed by atoms with E-state index < -0.39 is 46.3 Å². The number of furan rings is 1. The fraction of sp³-hybridized carbons (Fsp3) is 0.351. The molecule has 0 saturated heterocycles. The molecule has 2 heterocycles. The third-order valence-corrected chi connectivity index (χ3v) is 7.44. The standard InChI is InChI=1S/C37H39N3O8/c1-35(2,3)47-33(43)37(34(44)48-36(4,5)6,18-19-40-32(42)27-14-10-11-15-28(27)38-39-40)22-29(41)31-20-25-16-17-26(21-30(25)46-31)45-23-24-12-8-7-9-13-24/h7-17,20-21H,18-19,22-23H2,1-6H3. The quantitative estimate of drug-likeness (QED) is 0.0887. The van der Waals surface area contributed by atoms with Crippen LogP contribution in [0.2, 0.25) is 0 Å². The highest BCUT2D eigenvalue weighted by Gasteiger charge is 2.53. The van der Waals surface area contributed by atoms with Gasteiger partial charge in [0.05, 0.1) is 5.39 Å². The fourth-order valence-corrected chi connectivity index (χ4v) is 5.08. The Morgan fingerprint density at radius 3 is 2.12 bits per heavy atom. The molecule has 0 aliphatic heterocycles. The van der Waals surface area contributed by atoms with Gasteiger partial charge in [-0.25, -0.2) is 4.68 Å². The van der Waals surface area contributed by atoms with E-state index in [1.807, 2.05) is 30.3 Å². The summed E-state index contributed by atoms with van der Waals surface area (Å²) in [6.07, 6.45) is -0.989. The van der Waals surface area contributed by atoms with Gasteiger partial charge in [-0.15, -0.1) is 5.10 Å². The summed E-state index contributed by atoms with van der Waals surface area (Å²) in [5.74, 6) is -2.09.